The molecule has 1 aromatic rings. The maximum absolute atomic E-state index is 9.62. The second-order valence-electron chi connectivity index (χ2n) is 4.95. The maximum atomic E-state index is 9.62. The van der Waals surface area contributed by atoms with Crippen molar-refractivity contribution in [3.63, 3.8) is 0 Å². The highest BCUT2D eigenvalue weighted by atomic mass is 16.5. The van der Waals surface area contributed by atoms with Crippen molar-refractivity contribution in [3.8, 4) is 5.75 Å². The molecule has 2 heteroatoms. The highest BCUT2D eigenvalue weighted by molar-refractivity contribution is 5.36. The third-order valence-electron chi connectivity index (χ3n) is 2.37. The van der Waals surface area contributed by atoms with Crippen molar-refractivity contribution in [3.05, 3.63) is 29.3 Å². The molecule has 0 bridgehead atoms. The lowest BCUT2D eigenvalue weighted by Gasteiger charge is -2.19. The Labute approximate surface area is 98.3 Å². The molecule has 90 valence electrons. The molecule has 0 aromatic heterocycles. The first-order valence-electron chi connectivity index (χ1n) is 5.87. The van der Waals surface area contributed by atoms with Crippen LogP contribution in [0.3, 0.4) is 0 Å². The minimum atomic E-state index is -0.785. The first-order valence-corrected chi connectivity index (χ1v) is 5.87. The molecular formula is C14H22O2. The number of rotatable bonds is 5. The van der Waals surface area contributed by atoms with Crippen molar-refractivity contribution in [2.45, 2.75) is 46.1 Å². The highest BCUT2D eigenvalue weighted by Gasteiger charge is 2.14. The number of aryl methyl sites for hydroxylation is 2. The van der Waals surface area contributed by atoms with Crippen LogP contribution in [0.5, 0.6) is 5.75 Å². The van der Waals surface area contributed by atoms with E-state index in [1.54, 1.807) is 13.8 Å². The molecule has 16 heavy (non-hydrogen) atoms. The molecule has 0 aliphatic carbocycles. The van der Waals surface area contributed by atoms with Gasteiger partial charge in [-0.3, -0.25) is 0 Å². The molecule has 0 saturated carbocycles. The van der Waals surface area contributed by atoms with Crippen LogP contribution in [0, 0.1) is 6.92 Å². The molecule has 0 atom stereocenters. The Hall–Kier alpha value is -1.02. The molecule has 0 unspecified atom stereocenters. The average Bonchev–Trinajstić information content (AvgIpc) is 2.18. The third-order valence-corrected chi connectivity index (χ3v) is 2.37. The Morgan fingerprint density at radius 1 is 1.31 bits per heavy atom. The Bertz CT molecular complexity index is 337. The molecular weight excluding hydrogens is 200 g/mol. The lowest BCUT2D eigenvalue weighted by molar-refractivity contribution is 0.0282. The van der Waals surface area contributed by atoms with E-state index in [-0.39, 0.29) is 0 Å². The van der Waals surface area contributed by atoms with Crippen molar-refractivity contribution in [1.29, 1.82) is 0 Å². The van der Waals surface area contributed by atoms with Crippen LogP contribution in [-0.2, 0) is 6.42 Å². The van der Waals surface area contributed by atoms with Gasteiger partial charge in [-0.15, -0.1) is 0 Å². The summed E-state index contributed by atoms with van der Waals surface area (Å²) >= 11 is 0. The predicted molar refractivity (Wildman–Crippen MR) is 67.0 cm³/mol. The van der Waals surface area contributed by atoms with Gasteiger partial charge >= 0.3 is 0 Å². The Kier molecular flexibility index (Phi) is 4.36. The second kappa shape index (κ2) is 5.35. The number of benzene rings is 1. The fourth-order valence-corrected chi connectivity index (χ4v) is 1.50. The lowest BCUT2D eigenvalue weighted by atomic mass is 10.1. The van der Waals surface area contributed by atoms with Gasteiger partial charge in [0.2, 0.25) is 0 Å². The fourth-order valence-electron chi connectivity index (χ4n) is 1.50. The van der Waals surface area contributed by atoms with E-state index in [1.807, 2.05) is 6.92 Å². The molecule has 0 fully saturated rings. The summed E-state index contributed by atoms with van der Waals surface area (Å²) in [5.41, 5.74) is 1.62. The minimum absolute atomic E-state index is 0.323. The van der Waals surface area contributed by atoms with Crippen LogP contribution in [0.2, 0.25) is 0 Å². The van der Waals surface area contributed by atoms with Crippen molar-refractivity contribution in [1.82, 2.24) is 0 Å². The standard InChI is InChI=1S/C14H22O2/c1-5-6-12-8-7-11(2)13(9-12)16-10-14(3,4)15/h7-9,15H,5-6,10H2,1-4H3. The maximum Gasteiger partial charge on any atom is 0.122 e. The third kappa shape index (κ3) is 4.23. The molecule has 0 spiro atoms. The number of hydrogen-bond acceptors (Lipinski definition) is 2. The fraction of sp³-hybridized carbons (Fsp3) is 0.571. The van der Waals surface area contributed by atoms with E-state index < -0.39 is 5.60 Å². The van der Waals surface area contributed by atoms with Crippen LogP contribution in [0.15, 0.2) is 18.2 Å². The summed E-state index contributed by atoms with van der Waals surface area (Å²) in [6.45, 7) is 8.01. The van der Waals surface area contributed by atoms with E-state index in [9.17, 15) is 5.11 Å². The monoisotopic (exact) mass is 222 g/mol. The van der Waals surface area contributed by atoms with Gasteiger partial charge in [0, 0.05) is 0 Å². The van der Waals surface area contributed by atoms with E-state index in [0.29, 0.717) is 6.61 Å². The van der Waals surface area contributed by atoms with Gasteiger partial charge in [-0.25, -0.2) is 0 Å². The first kappa shape index (κ1) is 13.0. The Morgan fingerprint density at radius 3 is 2.56 bits per heavy atom. The van der Waals surface area contributed by atoms with Gasteiger partial charge in [-0.1, -0.05) is 25.5 Å². The summed E-state index contributed by atoms with van der Waals surface area (Å²) < 4.78 is 5.64. The quantitative estimate of drug-likeness (QED) is 0.829. The molecule has 0 heterocycles. The van der Waals surface area contributed by atoms with Gasteiger partial charge in [0.1, 0.15) is 12.4 Å². The minimum Gasteiger partial charge on any atom is -0.490 e. The largest absolute Gasteiger partial charge is 0.490 e. The molecule has 0 aliphatic heterocycles. The number of ether oxygens (including phenoxy) is 1. The van der Waals surface area contributed by atoms with E-state index in [4.69, 9.17) is 4.74 Å². The molecule has 0 saturated heterocycles. The van der Waals surface area contributed by atoms with Gasteiger partial charge in [0.25, 0.3) is 0 Å². The molecule has 2 nitrogen and oxygen atoms in total. The summed E-state index contributed by atoms with van der Waals surface area (Å²) in [5, 5.41) is 9.62. The highest BCUT2D eigenvalue weighted by Crippen LogP contribution is 2.21. The zero-order chi connectivity index (χ0) is 12.2. The Morgan fingerprint density at radius 2 is 2.00 bits per heavy atom. The number of hydrogen-bond donors (Lipinski definition) is 1. The second-order valence-corrected chi connectivity index (χ2v) is 4.95. The molecule has 0 aliphatic rings. The van der Waals surface area contributed by atoms with Gasteiger partial charge < -0.3 is 9.84 Å². The normalized spacial score (nSPS) is 11.6. The molecule has 0 radical (unpaired) electrons. The van der Waals surface area contributed by atoms with Crippen molar-refractivity contribution in [2.24, 2.45) is 0 Å². The summed E-state index contributed by atoms with van der Waals surface area (Å²) in [4.78, 5) is 0. The van der Waals surface area contributed by atoms with Gasteiger partial charge in [0.05, 0.1) is 5.60 Å². The first-order chi connectivity index (χ1) is 7.42. The molecule has 1 rings (SSSR count). The van der Waals surface area contributed by atoms with Crippen LogP contribution in [0.25, 0.3) is 0 Å². The van der Waals surface area contributed by atoms with Crippen LogP contribution in [-0.4, -0.2) is 17.3 Å². The SMILES string of the molecule is CCCc1ccc(C)c(OCC(C)(C)O)c1. The van der Waals surface area contributed by atoms with Crippen molar-refractivity contribution >= 4 is 0 Å². The van der Waals surface area contributed by atoms with Gasteiger partial charge in [-0.05, 0) is 44.4 Å². The zero-order valence-electron chi connectivity index (χ0n) is 10.7. The molecule has 1 N–H and O–H groups in total. The summed E-state index contributed by atoms with van der Waals surface area (Å²) in [6.07, 6.45) is 2.20. The zero-order valence-corrected chi connectivity index (χ0v) is 10.7. The molecule has 0 amide bonds. The van der Waals surface area contributed by atoms with E-state index in [0.717, 1.165) is 24.2 Å². The summed E-state index contributed by atoms with van der Waals surface area (Å²) in [6, 6.07) is 6.28. The van der Waals surface area contributed by atoms with Crippen LogP contribution in [0.1, 0.15) is 38.3 Å². The van der Waals surface area contributed by atoms with Crippen LogP contribution in [0.4, 0.5) is 0 Å². The number of aliphatic hydroxyl groups is 1. The van der Waals surface area contributed by atoms with Crippen LogP contribution >= 0.6 is 0 Å². The van der Waals surface area contributed by atoms with Gasteiger partial charge in [0.15, 0.2) is 0 Å². The average molecular weight is 222 g/mol. The van der Waals surface area contributed by atoms with Crippen LogP contribution < -0.4 is 4.74 Å². The summed E-state index contributed by atoms with van der Waals surface area (Å²) in [5.74, 6) is 0.882. The van der Waals surface area contributed by atoms with Gasteiger partial charge in [-0.2, -0.15) is 0 Å². The molecule has 1 aromatic carbocycles. The van der Waals surface area contributed by atoms with Crippen molar-refractivity contribution in [2.75, 3.05) is 6.61 Å². The van der Waals surface area contributed by atoms with E-state index in [1.165, 1.54) is 5.56 Å². The van der Waals surface area contributed by atoms with E-state index in [2.05, 4.69) is 25.1 Å². The summed E-state index contributed by atoms with van der Waals surface area (Å²) in [7, 11) is 0. The Balaban J connectivity index is 2.74. The van der Waals surface area contributed by atoms with Crippen molar-refractivity contribution < 1.29 is 9.84 Å². The lowest BCUT2D eigenvalue weighted by Crippen LogP contribution is -2.28. The van der Waals surface area contributed by atoms with E-state index >= 15 is 0 Å². The smallest absolute Gasteiger partial charge is 0.122 e. The topological polar surface area (TPSA) is 29.5 Å². The predicted octanol–water partition coefficient (Wildman–Crippen LogP) is 3.10.